The smallest absolute Gasteiger partial charge is 0.137 e. The predicted molar refractivity (Wildman–Crippen MR) is 118 cm³/mol. The molecule has 0 aliphatic carbocycles. The van der Waals surface area contributed by atoms with E-state index in [2.05, 4.69) is 4.98 Å². The van der Waals surface area contributed by atoms with Crippen molar-refractivity contribution < 1.29 is 29.6 Å². The monoisotopic (exact) mass is 442 g/mol. The fraction of sp³-hybridized carbons (Fsp3) is 0.292. The van der Waals surface area contributed by atoms with Crippen LogP contribution >= 0.6 is 0 Å². The van der Waals surface area contributed by atoms with E-state index in [1.165, 1.54) is 6.07 Å². The Labute approximate surface area is 185 Å². The number of imidazole rings is 1. The minimum absolute atomic E-state index is 0.122. The first-order chi connectivity index (χ1) is 15.4. The van der Waals surface area contributed by atoms with Gasteiger partial charge in [-0.1, -0.05) is 36.4 Å². The summed E-state index contributed by atoms with van der Waals surface area (Å²) in [5.41, 5.74) is 1.96. The Morgan fingerprint density at radius 2 is 1.84 bits per heavy atom. The third kappa shape index (κ3) is 5.80. The molecule has 8 heteroatoms. The number of ether oxygens (including phenoxy) is 1. The fourth-order valence-corrected chi connectivity index (χ4v) is 3.23. The number of aromatic nitrogens is 2. The Bertz CT molecular complexity index is 1030. The molecule has 0 aliphatic heterocycles. The molecule has 32 heavy (non-hydrogen) atoms. The normalized spacial score (nSPS) is 14.4. The van der Waals surface area contributed by atoms with E-state index in [4.69, 9.17) is 9.84 Å². The maximum atomic E-state index is 14.5. The van der Waals surface area contributed by atoms with Crippen molar-refractivity contribution in [1.29, 1.82) is 0 Å². The quantitative estimate of drug-likeness (QED) is 0.385. The zero-order valence-corrected chi connectivity index (χ0v) is 17.7. The molecule has 0 aliphatic rings. The van der Waals surface area contributed by atoms with Crippen molar-refractivity contribution >= 4 is 6.08 Å². The Morgan fingerprint density at radius 3 is 2.47 bits per heavy atom. The first-order valence-corrected chi connectivity index (χ1v) is 10.2. The van der Waals surface area contributed by atoms with E-state index < -0.39 is 24.6 Å². The van der Waals surface area contributed by atoms with Crippen molar-refractivity contribution in [1.82, 2.24) is 9.55 Å². The summed E-state index contributed by atoms with van der Waals surface area (Å²) in [6, 6.07) is 11.3. The Kier molecular flexibility index (Phi) is 8.13. The van der Waals surface area contributed by atoms with Gasteiger partial charge < -0.3 is 29.7 Å². The van der Waals surface area contributed by atoms with Crippen LogP contribution in [-0.2, 0) is 0 Å². The zero-order valence-electron chi connectivity index (χ0n) is 17.7. The van der Waals surface area contributed by atoms with Crippen molar-refractivity contribution in [3.8, 4) is 16.9 Å². The summed E-state index contributed by atoms with van der Waals surface area (Å²) in [6.45, 7) is 0.916. The van der Waals surface area contributed by atoms with Gasteiger partial charge in [0, 0.05) is 24.0 Å². The van der Waals surface area contributed by atoms with E-state index in [-0.39, 0.29) is 25.0 Å². The Morgan fingerprint density at radius 1 is 1.09 bits per heavy atom. The molecule has 3 atom stereocenters. The topological polar surface area (TPSA) is 108 Å². The van der Waals surface area contributed by atoms with Crippen LogP contribution in [0.5, 0.6) is 5.75 Å². The van der Waals surface area contributed by atoms with Crippen molar-refractivity contribution in [2.75, 3.05) is 19.8 Å². The van der Waals surface area contributed by atoms with Gasteiger partial charge in [0.2, 0.25) is 0 Å². The maximum Gasteiger partial charge on any atom is 0.137 e. The van der Waals surface area contributed by atoms with Crippen LogP contribution in [0.1, 0.15) is 30.5 Å². The molecule has 0 radical (unpaired) electrons. The molecule has 3 unspecified atom stereocenters. The van der Waals surface area contributed by atoms with Crippen LogP contribution in [0.25, 0.3) is 17.2 Å². The number of aliphatic hydroxyl groups is 4. The van der Waals surface area contributed by atoms with Gasteiger partial charge in [0.15, 0.2) is 0 Å². The average Bonchev–Trinajstić information content (AvgIpc) is 3.29. The zero-order chi connectivity index (χ0) is 23.1. The molecule has 4 N–H and O–H groups in total. The molecule has 0 bridgehead atoms. The molecule has 7 nitrogen and oxygen atoms in total. The van der Waals surface area contributed by atoms with E-state index in [0.29, 0.717) is 17.0 Å². The molecule has 0 saturated carbocycles. The summed E-state index contributed by atoms with van der Waals surface area (Å²) in [4.78, 5) is 4.12. The van der Waals surface area contributed by atoms with Crippen LogP contribution in [0.4, 0.5) is 4.39 Å². The van der Waals surface area contributed by atoms with Gasteiger partial charge in [-0.2, -0.15) is 0 Å². The summed E-state index contributed by atoms with van der Waals surface area (Å²) in [5.74, 6) is 0.276. The number of halogens is 1. The van der Waals surface area contributed by atoms with Crippen LogP contribution in [-0.4, -0.2) is 55.9 Å². The highest BCUT2D eigenvalue weighted by molar-refractivity contribution is 5.67. The minimum Gasteiger partial charge on any atom is -0.491 e. The highest BCUT2D eigenvalue weighted by Crippen LogP contribution is 2.27. The van der Waals surface area contributed by atoms with Gasteiger partial charge in [-0.25, -0.2) is 9.37 Å². The third-order valence-corrected chi connectivity index (χ3v) is 4.94. The average molecular weight is 442 g/mol. The predicted octanol–water partition coefficient (Wildman–Crippen LogP) is 2.72. The van der Waals surface area contributed by atoms with Gasteiger partial charge >= 0.3 is 0 Å². The number of hydrogen-bond donors (Lipinski definition) is 4. The lowest BCUT2D eigenvalue weighted by Crippen LogP contribution is -2.21. The van der Waals surface area contributed by atoms with Gasteiger partial charge in [-0.05, 0) is 30.2 Å². The minimum atomic E-state index is -1.02. The van der Waals surface area contributed by atoms with Gasteiger partial charge in [-0.3, -0.25) is 0 Å². The number of aliphatic hydroxyl groups excluding tert-OH is 4. The van der Waals surface area contributed by atoms with Crippen molar-refractivity contribution in [3.05, 3.63) is 78.1 Å². The Balaban J connectivity index is 1.71. The molecule has 1 heterocycles. The standard InChI is InChI=1S/C24H27FN2O5/c1-16(30)24-26-10-11-27(24)19(13-28)7-4-17-2-5-18(6-3-17)22-9-8-21(12-23(22)25)32-15-20(31)14-29/h2-12,16,19-20,28-31H,13-15H2,1H3/b7-4+. The SMILES string of the molecule is CC(O)c1nccn1C(/C=C/c1ccc(-c2ccc(OCC(O)CO)cc2F)cc1)CO. The summed E-state index contributed by atoms with van der Waals surface area (Å²) in [5, 5.41) is 37.7. The first kappa shape index (κ1) is 23.6. The summed E-state index contributed by atoms with van der Waals surface area (Å²) >= 11 is 0. The molecule has 0 amide bonds. The molecule has 2 aromatic carbocycles. The van der Waals surface area contributed by atoms with E-state index in [1.54, 1.807) is 48.1 Å². The Hall–Kier alpha value is -3.04. The molecular weight excluding hydrogens is 415 g/mol. The molecule has 0 saturated heterocycles. The van der Waals surface area contributed by atoms with Gasteiger partial charge in [0.1, 0.15) is 36.2 Å². The first-order valence-electron chi connectivity index (χ1n) is 10.2. The molecule has 170 valence electrons. The van der Waals surface area contributed by atoms with E-state index >= 15 is 0 Å². The lowest BCUT2D eigenvalue weighted by atomic mass is 10.0. The van der Waals surface area contributed by atoms with Gasteiger partial charge in [0.05, 0.1) is 19.3 Å². The second kappa shape index (κ2) is 11.0. The number of nitrogens with zero attached hydrogens (tertiary/aromatic N) is 2. The molecule has 0 fully saturated rings. The van der Waals surface area contributed by atoms with Crippen LogP contribution in [0.3, 0.4) is 0 Å². The number of hydrogen-bond acceptors (Lipinski definition) is 6. The maximum absolute atomic E-state index is 14.5. The van der Waals surface area contributed by atoms with Crippen LogP contribution in [0, 0.1) is 5.82 Å². The summed E-state index contributed by atoms with van der Waals surface area (Å²) in [7, 11) is 0. The summed E-state index contributed by atoms with van der Waals surface area (Å²) < 4.78 is 21.5. The number of rotatable bonds is 10. The van der Waals surface area contributed by atoms with Crippen molar-refractivity contribution in [3.63, 3.8) is 0 Å². The molecule has 3 aromatic rings. The highest BCUT2D eigenvalue weighted by atomic mass is 19.1. The van der Waals surface area contributed by atoms with Crippen molar-refractivity contribution in [2.24, 2.45) is 0 Å². The third-order valence-electron chi connectivity index (χ3n) is 4.94. The lowest BCUT2D eigenvalue weighted by molar-refractivity contribution is 0.0535. The molecular formula is C24H27FN2O5. The lowest BCUT2D eigenvalue weighted by Gasteiger charge is -2.16. The van der Waals surface area contributed by atoms with Crippen LogP contribution in [0.15, 0.2) is 60.9 Å². The van der Waals surface area contributed by atoms with Gasteiger partial charge in [0.25, 0.3) is 0 Å². The largest absolute Gasteiger partial charge is 0.491 e. The fourth-order valence-electron chi connectivity index (χ4n) is 3.23. The van der Waals surface area contributed by atoms with Crippen LogP contribution in [0.2, 0.25) is 0 Å². The highest BCUT2D eigenvalue weighted by Gasteiger charge is 2.14. The second-order valence-corrected chi connectivity index (χ2v) is 7.39. The molecule has 1 aromatic heterocycles. The second-order valence-electron chi connectivity index (χ2n) is 7.39. The molecule has 0 spiro atoms. The van der Waals surface area contributed by atoms with E-state index in [1.807, 2.05) is 24.3 Å². The van der Waals surface area contributed by atoms with E-state index in [9.17, 15) is 19.7 Å². The summed E-state index contributed by atoms with van der Waals surface area (Å²) in [6.07, 6.45) is 5.17. The van der Waals surface area contributed by atoms with Crippen molar-refractivity contribution in [2.45, 2.75) is 25.2 Å². The number of benzene rings is 2. The van der Waals surface area contributed by atoms with Crippen LogP contribution < -0.4 is 4.74 Å². The molecule has 3 rings (SSSR count). The van der Waals surface area contributed by atoms with E-state index in [0.717, 1.165) is 5.56 Å². The van der Waals surface area contributed by atoms with Gasteiger partial charge in [-0.15, -0.1) is 0 Å².